The van der Waals surface area contributed by atoms with Crippen molar-refractivity contribution in [3.05, 3.63) is 45.8 Å². The number of H-pyrrole nitrogens is 1. The number of benzene rings is 1. The van der Waals surface area contributed by atoms with Crippen LogP contribution in [0.4, 0.5) is 0 Å². The monoisotopic (exact) mass is 418 g/mol. The summed E-state index contributed by atoms with van der Waals surface area (Å²) in [6.45, 7) is 7.74. The molecule has 2 aromatic rings. The number of nitrogens with one attached hydrogen (secondary N) is 2. The molecule has 8 nitrogen and oxygen atoms in total. The van der Waals surface area contributed by atoms with Crippen LogP contribution in [-0.2, 0) is 9.47 Å². The van der Waals surface area contributed by atoms with Gasteiger partial charge in [-0.3, -0.25) is 4.79 Å². The second kappa shape index (κ2) is 10.2. The molecule has 1 aromatic carbocycles. The number of aryl methyl sites for hydroxylation is 2. The molecule has 0 aliphatic carbocycles. The van der Waals surface area contributed by atoms with Gasteiger partial charge in [-0.25, -0.2) is 4.79 Å². The van der Waals surface area contributed by atoms with Crippen LogP contribution in [0.2, 0.25) is 0 Å². The number of hydrogen-bond donors (Lipinski definition) is 2. The standard InChI is InChI=1S/C22H30N2O6/c1-12-10-17(28-6)18(29-7)11-16(12)14(3)24-21(25)20-13(2)19(15(4)23-20)22(26)30-9-8-27-5/h10-11,14,23H,8-9H2,1-7H3,(H,24,25). The quantitative estimate of drug-likeness (QED) is 0.479. The second-order valence-corrected chi connectivity index (χ2v) is 7.01. The molecule has 1 aromatic heterocycles. The molecule has 0 aliphatic heterocycles. The molecule has 8 heteroatoms. The molecule has 0 saturated carbocycles. The Bertz CT molecular complexity index is 919. The minimum atomic E-state index is -0.485. The van der Waals surface area contributed by atoms with E-state index in [1.165, 1.54) is 7.11 Å². The minimum absolute atomic E-state index is 0.149. The maximum atomic E-state index is 12.9. The summed E-state index contributed by atoms with van der Waals surface area (Å²) in [5.74, 6) is 0.422. The van der Waals surface area contributed by atoms with Crippen molar-refractivity contribution in [3.8, 4) is 11.5 Å². The van der Waals surface area contributed by atoms with Crippen LogP contribution in [0.25, 0.3) is 0 Å². The summed E-state index contributed by atoms with van der Waals surface area (Å²) < 4.78 is 20.8. The largest absolute Gasteiger partial charge is 0.493 e. The minimum Gasteiger partial charge on any atom is -0.493 e. The second-order valence-electron chi connectivity index (χ2n) is 7.01. The topological polar surface area (TPSA) is 98.9 Å². The molecule has 164 valence electrons. The Morgan fingerprint density at radius 2 is 1.67 bits per heavy atom. The molecule has 0 fully saturated rings. The highest BCUT2D eigenvalue weighted by molar-refractivity contribution is 6.00. The Morgan fingerprint density at radius 3 is 2.27 bits per heavy atom. The molecule has 0 radical (unpaired) electrons. The Hall–Kier alpha value is -3.00. The number of esters is 1. The summed E-state index contributed by atoms with van der Waals surface area (Å²) in [6.07, 6.45) is 0. The normalized spacial score (nSPS) is 11.7. The fourth-order valence-corrected chi connectivity index (χ4v) is 3.38. The van der Waals surface area contributed by atoms with Crippen LogP contribution in [0.15, 0.2) is 12.1 Å². The Labute approximate surface area is 176 Å². The number of hydrogen-bond acceptors (Lipinski definition) is 6. The molecule has 0 saturated heterocycles. The molecule has 1 heterocycles. The van der Waals surface area contributed by atoms with E-state index >= 15 is 0 Å². The lowest BCUT2D eigenvalue weighted by Gasteiger charge is -2.19. The van der Waals surface area contributed by atoms with E-state index in [4.69, 9.17) is 18.9 Å². The lowest BCUT2D eigenvalue weighted by Crippen LogP contribution is -2.28. The highest BCUT2D eigenvalue weighted by atomic mass is 16.6. The Kier molecular flexibility index (Phi) is 7.88. The number of methoxy groups -OCH3 is 3. The SMILES string of the molecule is COCCOC(=O)c1c(C)[nH]c(C(=O)NC(C)c2cc(OC)c(OC)cc2C)c1C. The van der Waals surface area contributed by atoms with E-state index in [-0.39, 0.29) is 18.6 Å². The zero-order chi connectivity index (χ0) is 22.4. The molecule has 1 unspecified atom stereocenters. The van der Waals surface area contributed by atoms with Gasteiger partial charge in [0.25, 0.3) is 5.91 Å². The predicted molar refractivity (Wildman–Crippen MR) is 113 cm³/mol. The third-order valence-electron chi connectivity index (χ3n) is 4.98. The number of amides is 1. The summed E-state index contributed by atoms with van der Waals surface area (Å²) in [5.41, 5.74) is 3.68. The van der Waals surface area contributed by atoms with Gasteiger partial charge >= 0.3 is 5.97 Å². The van der Waals surface area contributed by atoms with E-state index in [9.17, 15) is 9.59 Å². The lowest BCUT2D eigenvalue weighted by atomic mass is 10.0. The summed E-state index contributed by atoms with van der Waals surface area (Å²) in [4.78, 5) is 28.3. The maximum absolute atomic E-state index is 12.9. The number of carbonyl (C=O) groups is 2. The number of aromatic amines is 1. The molecule has 1 amide bonds. The molecular weight excluding hydrogens is 388 g/mol. The van der Waals surface area contributed by atoms with Crippen LogP contribution in [0, 0.1) is 20.8 Å². The zero-order valence-electron chi connectivity index (χ0n) is 18.6. The first kappa shape index (κ1) is 23.3. The first-order chi connectivity index (χ1) is 14.2. The van der Waals surface area contributed by atoms with Crippen LogP contribution in [0.1, 0.15) is 56.2 Å². The van der Waals surface area contributed by atoms with Crippen molar-refractivity contribution in [2.45, 2.75) is 33.7 Å². The maximum Gasteiger partial charge on any atom is 0.340 e. The van der Waals surface area contributed by atoms with Crippen LogP contribution in [0.5, 0.6) is 11.5 Å². The first-order valence-corrected chi connectivity index (χ1v) is 9.63. The fraction of sp³-hybridized carbons (Fsp3) is 0.455. The van der Waals surface area contributed by atoms with Crippen molar-refractivity contribution in [2.75, 3.05) is 34.5 Å². The van der Waals surface area contributed by atoms with Gasteiger partial charge < -0.3 is 29.2 Å². The predicted octanol–water partition coefficient (Wildman–Crippen LogP) is 3.25. The number of carbonyl (C=O) groups excluding carboxylic acids is 2. The summed E-state index contributed by atoms with van der Waals surface area (Å²) in [6, 6.07) is 3.43. The average Bonchev–Trinajstić information content (AvgIpc) is 3.01. The average molecular weight is 418 g/mol. The van der Waals surface area contributed by atoms with E-state index in [0.29, 0.717) is 40.6 Å². The van der Waals surface area contributed by atoms with Crippen LogP contribution >= 0.6 is 0 Å². The van der Waals surface area contributed by atoms with Crippen LogP contribution < -0.4 is 14.8 Å². The molecule has 0 bridgehead atoms. The van der Waals surface area contributed by atoms with E-state index in [2.05, 4.69) is 10.3 Å². The number of ether oxygens (including phenoxy) is 4. The van der Waals surface area contributed by atoms with E-state index < -0.39 is 5.97 Å². The van der Waals surface area contributed by atoms with E-state index in [0.717, 1.165) is 11.1 Å². The van der Waals surface area contributed by atoms with Crippen molar-refractivity contribution in [3.63, 3.8) is 0 Å². The molecule has 30 heavy (non-hydrogen) atoms. The van der Waals surface area contributed by atoms with Gasteiger partial charge in [-0.15, -0.1) is 0 Å². The smallest absolute Gasteiger partial charge is 0.340 e. The summed E-state index contributed by atoms with van der Waals surface area (Å²) in [7, 11) is 4.68. The Balaban J connectivity index is 2.22. The van der Waals surface area contributed by atoms with Gasteiger partial charge in [0.15, 0.2) is 11.5 Å². The molecule has 0 aliphatic rings. The molecule has 1 atom stereocenters. The number of rotatable bonds is 9. The van der Waals surface area contributed by atoms with Gasteiger partial charge in [-0.1, -0.05) is 0 Å². The van der Waals surface area contributed by atoms with E-state index in [1.54, 1.807) is 28.1 Å². The molecule has 2 N–H and O–H groups in total. The molecule has 2 rings (SSSR count). The van der Waals surface area contributed by atoms with Crippen molar-refractivity contribution in [2.24, 2.45) is 0 Å². The van der Waals surface area contributed by atoms with Crippen LogP contribution in [0.3, 0.4) is 0 Å². The van der Waals surface area contributed by atoms with Gasteiger partial charge in [0.05, 0.1) is 32.4 Å². The van der Waals surface area contributed by atoms with Crippen molar-refractivity contribution < 1.29 is 28.5 Å². The van der Waals surface area contributed by atoms with Gasteiger partial charge in [-0.2, -0.15) is 0 Å². The fourth-order valence-electron chi connectivity index (χ4n) is 3.38. The van der Waals surface area contributed by atoms with Crippen molar-refractivity contribution >= 4 is 11.9 Å². The van der Waals surface area contributed by atoms with Gasteiger partial charge in [0.2, 0.25) is 0 Å². The molecule has 0 spiro atoms. The van der Waals surface area contributed by atoms with Gasteiger partial charge in [-0.05, 0) is 56.5 Å². The van der Waals surface area contributed by atoms with Crippen molar-refractivity contribution in [1.29, 1.82) is 0 Å². The summed E-state index contributed by atoms with van der Waals surface area (Å²) >= 11 is 0. The van der Waals surface area contributed by atoms with Gasteiger partial charge in [0.1, 0.15) is 12.3 Å². The van der Waals surface area contributed by atoms with Gasteiger partial charge in [0, 0.05) is 12.8 Å². The Morgan fingerprint density at radius 1 is 1.03 bits per heavy atom. The highest BCUT2D eigenvalue weighted by Gasteiger charge is 2.24. The summed E-state index contributed by atoms with van der Waals surface area (Å²) in [5, 5.41) is 2.98. The van der Waals surface area contributed by atoms with Crippen LogP contribution in [-0.4, -0.2) is 51.4 Å². The highest BCUT2D eigenvalue weighted by Crippen LogP contribution is 2.33. The zero-order valence-corrected chi connectivity index (χ0v) is 18.6. The van der Waals surface area contributed by atoms with E-state index in [1.807, 2.05) is 26.0 Å². The number of aromatic nitrogens is 1. The third kappa shape index (κ3) is 4.94. The van der Waals surface area contributed by atoms with Crippen molar-refractivity contribution in [1.82, 2.24) is 10.3 Å². The molecular formula is C22H30N2O6. The lowest BCUT2D eigenvalue weighted by molar-refractivity contribution is 0.0387. The first-order valence-electron chi connectivity index (χ1n) is 9.63. The third-order valence-corrected chi connectivity index (χ3v) is 4.98.